The van der Waals surface area contributed by atoms with E-state index in [-0.39, 0.29) is 5.91 Å². The first-order valence-corrected chi connectivity index (χ1v) is 9.89. The smallest absolute Gasteiger partial charge is 0.244 e. The van der Waals surface area contributed by atoms with Gasteiger partial charge in [0.15, 0.2) is 14.6 Å². The van der Waals surface area contributed by atoms with E-state index in [2.05, 4.69) is 0 Å². The molecule has 5 heteroatoms. The highest BCUT2D eigenvalue weighted by atomic mass is 32.2. The van der Waals surface area contributed by atoms with Gasteiger partial charge in [0.2, 0.25) is 5.91 Å². The quantitative estimate of drug-likeness (QED) is 0.829. The molecule has 4 nitrogen and oxygen atoms in total. The third-order valence-corrected chi connectivity index (χ3v) is 7.63. The fourth-order valence-electron chi connectivity index (χ4n) is 3.55. The van der Waals surface area contributed by atoms with Crippen LogP contribution in [0.5, 0.6) is 0 Å². The molecule has 0 unspecified atom stereocenters. The zero-order valence-corrected chi connectivity index (χ0v) is 15.4. The first kappa shape index (κ1) is 18.0. The second-order valence-corrected chi connectivity index (χ2v) is 8.68. The number of benzene rings is 1. The van der Waals surface area contributed by atoms with Gasteiger partial charge >= 0.3 is 0 Å². The molecule has 0 radical (unpaired) electrons. The Morgan fingerprint density at radius 2 is 1.70 bits per heavy atom. The molecule has 1 saturated carbocycles. The van der Waals surface area contributed by atoms with Crippen molar-refractivity contribution in [2.75, 3.05) is 13.1 Å². The number of rotatable bonds is 5. The topological polar surface area (TPSA) is 54.5 Å². The van der Waals surface area contributed by atoms with E-state index in [0.717, 1.165) is 18.4 Å². The first-order valence-electron chi connectivity index (χ1n) is 8.41. The summed E-state index contributed by atoms with van der Waals surface area (Å²) in [5.41, 5.74) is 1.62. The van der Waals surface area contributed by atoms with Crippen molar-refractivity contribution in [3.8, 4) is 0 Å². The highest BCUT2D eigenvalue weighted by Crippen LogP contribution is 2.42. The Bertz CT molecular complexity index is 684. The van der Waals surface area contributed by atoms with Crippen LogP contribution < -0.4 is 0 Å². The standard InChI is InChI=1S/C18H27NO3S/c1-5-19(6-2)17(20)18(11-7-8-12-18)23(21,22)16-13-14(3)9-10-15(16)4/h9-10,13H,5-8,11-12H2,1-4H3. The molecule has 0 bridgehead atoms. The molecule has 2 rings (SSSR count). The number of amides is 1. The Kier molecular flexibility index (Phi) is 5.19. The van der Waals surface area contributed by atoms with E-state index >= 15 is 0 Å². The maximum Gasteiger partial charge on any atom is 0.244 e. The molecule has 1 aromatic carbocycles. The summed E-state index contributed by atoms with van der Waals surface area (Å²) < 4.78 is 25.6. The van der Waals surface area contributed by atoms with E-state index in [1.165, 1.54) is 0 Å². The van der Waals surface area contributed by atoms with Crippen LogP contribution in [0.1, 0.15) is 50.7 Å². The molecule has 1 aliphatic rings. The van der Waals surface area contributed by atoms with Gasteiger partial charge in [-0.15, -0.1) is 0 Å². The number of hydrogen-bond acceptors (Lipinski definition) is 3. The number of hydrogen-bond donors (Lipinski definition) is 0. The molecule has 0 aliphatic heterocycles. The lowest BCUT2D eigenvalue weighted by Crippen LogP contribution is -2.52. The van der Waals surface area contributed by atoms with E-state index in [1.54, 1.807) is 17.9 Å². The van der Waals surface area contributed by atoms with Crippen LogP contribution in [0.25, 0.3) is 0 Å². The highest BCUT2D eigenvalue weighted by Gasteiger charge is 2.54. The zero-order valence-electron chi connectivity index (χ0n) is 14.6. The SMILES string of the molecule is CCN(CC)C(=O)C1(S(=O)(=O)c2cc(C)ccc2C)CCCC1. The molecule has 0 heterocycles. The maximum atomic E-state index is 13.5. The monoisotopic (exact) mass is 337 g/mol. The van der Waals surface area contributed by atoms with Crippen molar-refractivity contribution in [1.82, 2.24) is 4.90 Å². The summed E-state index contributed by atoms with van der Waals surface area (Å²) in [6.07, 6.45) is 2.43. The zero-order chi connectivity index (χ0) is 17.3. The van der Waals surface area contributed by atoms with E-state index < -0.39 is 14.6 Å². The second kappa shape index (κ2) is 6.63. The van der Waals surface area contributed by atoms with Gasteiger partial charge in [-0.05, 0) is 57.7 Å². The van der Waals surface area contributed by atoms with Crippen molar-refractivity contribution in [2.45, 2.75) is 63.0 Å². The molecule has 0 aromatic heterocycles. The largest absolute Gasteiger partial charge is 0.342 e. The summed E-state index contributed by atoms with van der Waals surface area (Å²) in [7, 11) is -3.71. The summed E-state index contributed by atoms with van der Waals surface area (Å²) in [6, 6.07) is 5.44. The Balaban J connectivity index is 2.60. The van der Waals surface area contributed by atoms with Crippen molar-refractivity contribution >= 4 is 15.7 Å². The van der Waals surface area contributed by atoms with Crippen LogP contribution in [-0.2, 0) is 14.6 Å². The van der Waals surface area contributed by atoms with Gasteiger partial charge in [0, 0.05) is 13.1 Å². The Hall–Kier alpha value is -1.36. The van der Waals surface area contributed by atoms with Gasteiger partial charge in [0.25, 0.3) is 0 Å². The molecule has 1 fully saturated rings. The summed E-state index contributed by atoms with van der Waals surface area (Å²) in [5, 5.41) is 0. The lowest BCUT2D eigenvalue weighted by atomic mass is 10.1. The van der Waals surface area contributed by atoms with Gasteiger partial charge in [0.1, 0.15) is 0 Å². The predicted octanol–water partition coefficient (Wildman–Crippen LogP) is 3.26. The molecular formula is C18H27NO3S. The average molecular weight is 337 g/mol. The molecular weight excluding hydrogens is 310 g/mol. The minimum atomic E-state index is -3.71. The van der Waals surface area contributed by atoms with Crippen LogP contribution in [0.4, 0.5) is 0 Å². The van der Waals surface area contributed by atoms with Gasteiger partial charge < -0.3 is 4.90 Å². The van der Waals surface area contributed by atoms with Gasteiger partial charge in [-0.3, -0.25) is 4.79 Å². The molecule has 1 aliphatic carbocycles. The van der Waals surface area contributed by atoms with Crippen LogP contribution in [0.3, 0.4) is 0 Å². The van der Waals surface area contributed by atoms with E-state index in [1.807, 2.05) is 32.9 Å². The molecule has 23 heavy (non-hydrogen) atoms. The molecule has 1 amide bonds. The fourth-order valence-corrected chi connectivity index (χ4v) is 5.99. The number of carbonyl (C=O) groups is 1. The summed E-state index contributed by atoms with van der Waals surface area (Å²) in [5.74, 6) is -0.221. The molecule has 0 atom stereocenters. The maximum absolute atomic E-state index is 13.5. The molecule has 0 saturated heterocycles. The van der Waals surface area contributed by atoms with E-state index in [4.69, 9.17) is 0 Å². The van der Waals surface area contributed by atoms with Crippen molar-refractivity contribution in [3.63, 3.8) is 0 Å². The van der Waals surface area contributed by atoms with Crippen molar-refractivity contribution < 1.29 is 13.2 Å². The van der Waals surface area contributed by atoms with Crippen molar-refractivity contribution in [2.24, 2.45) is 0 Å². The van der Waals surface area contributed by atoms with Crippen molar-refractivity contribution in [1.29, 1.82) is 0 Å². The van der Waals surface area contributed by atoms with Gasteiger partial charge in [-0.1, -0.05) is 25.0 Å². The molecule has 0 spiro atoms. The summed E-state index contributed by atoms with van der Waals surface area (Å²) in [4.78, 5) is 15.1. The fraction of sp³-hybridized carbons (Fsp3) is 0.611. The van der Waals surface area contributed by atoms with Crippen molar-refractivity contribution in [3.05, 3.63) is 29.3 Å². The number of carbonyl (C=O) groups excluding carboxylic acids is 1. The third-order valence-electron chi connectivity index (χ3n) is 5.00. The van der Waals surface area contributed by atoms with E-state index in [9.17, 15) is 13.2 Å². The normalized spacial score (nSPS) is 17.2. The predicted molar refractivity (Wildman–Crippen MR) is 92.2 cm³/mol. The molecule has 0 N–H and O–H groups in total. The molecule has 1 aromatic rings. The minimum absolute atomic E-state index is 0.221. The van der Waals surface area contributed by atoms with Crippen LogP contribution in [-0.4, -0.2) is 37.1 Å². The number of nitrogens with zero attached hydrogens (tertiary/aromatic N) is 1. The Labute approximate surface area is 139 Å². The Morgan fingerprint density at radius 3 is 2.22 bits per heavy atom. The van der Waals surface area contributed by atoms with Crippen LogP contribution in [0, 0.1) is 13.8 Å². The first-order chi connectivity index (χ1) is 10.8. The summed E-state index contributed by atoms with van der Waals surface area (Å²) in [6.45, 7) is 8.56. The van der Waals surface area contributed by atoms with Gasteiger partial charge in [0.05, 0.1) is 4.90 Å². The Morgan fingerprint density at radius 1 is 1.13 bits per heavy atom. The number of aryl methyl sites for hydroxylation is 2. The van der Waals surface area contributed by atoms with Gasteiger partial charge in [-0.25, -0.2) is 8.42 Å². The summed E-state index contributed by atoms with van der Waals surface area (Å²) >= 11 is 0. The highest BCUT2D eigenvalue weighted by molar-refractivity contribution is 7.93. The average Bonchev–Trinajstić information content (AvgIpc) is 3.02. The lowest BCUT2D eigenvalue weighted by molar-refractivity contribution is -0.133. The van der Waals surface area contributed by atoms with Crippen LogP contribution >= 0.6 is 0 Å². The number of sulfone groups is 1. The second-order valence-electron chi connectivity index (χ2n) is 6.45. The van der Waals surface area contributed by atoms with Crippen LogP contribution in [0.2, 0.25) is 0 Å². The van der Waals surface area contributed by atoms with E-state index in [0.29, 0.717) is 36.4 Å². The minimum Gasteiger partial charge on any atom is -0.342 e. The lowest BCUT2D eigenvalue weighted by Gasteiger charge is -2.33. The van der Waals surface area contributed by atoms with Gasteiger partial charge in [-0.2, -0.15) is 0 Å². The third kappa shape index (κ3) is 2.91. The molecule has 128 valence electrons. The van der Waals surface area contributed by atoms with Crippen LogP contribution in [0.15, 0.2) is 23.1 Å².